The van der Waals surface area contributed by atoms with Gasteiger partial charge in [-0.05, 0) is 39.3 Å². The van der Waals surface area contributed by atoms with Crippen LogP contribution in [0.15, 0.2) is 6.07 Å². The second-order valence-corrected chi connectivity index (χ2v) is 6.51. The molecule has 0 aliphatic carbocycles. The average molecular weight is 267 g/mol. The van der Waals surface area contributed by atoms with Crippen LogP contribution in [0.3, 0.4) is 0 Å². The van der Waals surface area contributed by atoms with Crippen LogP contribution in [0.5, 0.6) is 0 Å². The van der Waals surface area contributed by atoms with Crippen molar-refractivity contribution in [3.05, 3.63) is 21.4 Å². The lowest BCUT2D eigenvalue weighted by atomic mass is 10.0. The van der Waals surface area contributed by atoms with Crippen LogP contribution in [-0.4, -0.2) is 41.5 Å². The number of Topliss-reactive ketones (excluding diaryl/α,β-unsaturated/α-hetero) is 1. The molecule has 2 heterocycles. The molecular formula is C14H21NO2S. The van der Waals surface area contributed by atoms with Crippen molar-refractivity contribution in [1.29, 1.82) is 0 Å². The minimum Gasteiger partial charge on any atom is -0.395 e. The van der Waals surface area contributed by atoms with Gasteiger partial charge in [0.25, 0.3) is 0 Å². The average Bonchev–Trinajstić information content (AvgIpc) is 2.69. The van der Waals surface area contributed by atoms with Gasteiger partial charge in [-0.3, -0.25) is 9.69 Å². The Hall–Kier alpha value is -0.710. The molecule has 1 aromatic heterocycles. The molecule has 100 valence electrons. The van der Waals surface area contributed by atoms with Gasteiger partial charge in [-0.25, -0.2) is 0 Å². The highest BCUT2D eigenvalue weighted by Crippen LogP contribution is 2.23. The molecule has 1 aliphatic rings. The summed E-state index contributed by atoms with van der Waals surface area (Å²) in [6.45, 7) is 5.58. The van der Waals surface area contributed by atoms with E-state index in [1.807, 2.05) is 19.9 Å². The first-order chi connectivity index (χ1) is 8.61. The van der Waals surface area contributed by atoms with E-state index < -0.39 is 0 Å². The third-order valence-electron chi connectivity index (χ3n) is 3.65. The smallest absolute Gasteiger partial charge is 0.177 e. The minimum absolute atomic E-state index is 0.162. The number of hydrogen-bond donors (Lipinski definition) is 1. The van der Waals surface area contributed by atoms with Gasteiger partial charge in [-0.2, -0.15) is 0 Å². The van der Waals surface area contributed by atoms with E-state index in [9.17, 15) is 9.90 Å². The van der Waals surface area contributed by atoms with Crippen LogP contribution in [-0.2, 0) is 0 Å². The first kappa shape index (κ1) is 13.7. The maximum Gasteiger partial charge on any atom is 0.177 e. The Kier molecular flexibility index (Phi) is 4.54. The monoisotopic (exact) mass is 267 g/mol. The fraction of sp³-hybridized carbons (Fsp3) is 0.643. The molecule has 0 aromatic carbocycles. The third kappa shape index (κ3) is 2.99. The molecule has 0 bridgehead atoms. The van der Waals surface area contributed by atoms with E-state index in [1.165, 1.54) is 4.88 Å². The predicted molar refractivity (Wildman–Crippen MR) is 74.4 cm³/mol. The van der Waals surface area contributed by atoms with Gasteiger partial charge in [-0.15, -0.1) is 11.3 Å². The van der Waals surface area contributed by atoms with Crippen molar-refractivity contribution < 1.29 is 9.90 Å². The summed E-state index contributed by atoms with van der Waals surface area (Å²) in [4.78, 5) is 16.7. The largest absolute Gasteiger partial charge is 0.395 e. The molecular weight excluding hydrogens is 246 g/mol. The fourth-order valence-electron chi connectivity index (χ4n) is 2.65. The second-order valence-electron chi connectivity index (χ2n) is 5.05. The molecule has 1 fully saturated rings. The second kappa shape index (κ2) is 5.95. The number of carbonyl (C=O) groups is 1. The van der Waals surface area contributed by atoms with Gasteiger partial charge < -0.3 is 5.11 Å². The quantitative estimate of drug-likeness (QED) is 0.852. The SMILES string of the molecule is Cc1cc(C(=O)CN2CCCCC2CO)c(C)s1. The molecule has 1 N–H and O–H groups in total. The number of ketones is 1. The van der Waals surface area contributed by atoms with Crippen LogP contribution in [0.4, 0.5) is 0 Å². The van der Waals surface area contributed by atoms with E-state index >= 15 is 0 Å². The molecule has 0 radical (unpaired) electrons. The number of rotatable bonds is 4. The van der Waals surface area contributed by atoms with E-state index in [4.69, 9.17) is 0 Å². The summed E-state index contributed by atoms with van der Waals surface area (Å²) in [6, 6.07) is 2.16. The van der Waals surface area contributed by atoms with Crippen molar-refractivity contribution in [3.63, 3.8) is 0 Å². The molecule has 2 rings (SSSR count). The van der Waals surface area contributed by atoms with E-state index in [0.717, 1.165) is 36.2 Å². The highest BCUT2D eigenvalue weighted by atomic mass is 32.1. The molecule has 1 aliphatic heterocycles. The van der Waals surface area contributed by atoms with Crippen LogP contribution in [0.25, 0.3) is 0 Å². The summed E-state index contributed by atoms with van der Waals surface area (Å²) >= 11 is 1.68. The van der Waals surface area contributed by atoms with Crippen molar-refractivity contribution in [1.82, 2.24) is 4.90 Å². The number of likely N-dealkylation sites (tertiary alicyclic amines) is 1. The summed E-state index contributed by atoms with van der Waals surface area (Å²) in [6.07, 6.45) is 3.29. The Balaban J connectivity index is 2.04. The van der Waals surface area contributed by atoms with Crippen LogP contribution >= 0.6 is 11.3 Å². The summed E-state index contributed by atoms with van der Waals surface area (Å²) < 4.78 is 0. The molecule has 1 saturated heterocycles. The Labute approximate surface area is 112 Å². The summed E-state index contributed by atoms with van der Waals surface area (Å²) in [7, 11) is 0. The molecule has 3 nitrogen and oxygen atoms in total. The first-order valence-electron chi connectivity index (χ1n) is 6.57. The lowest BCUT2D eigenvalue weighted by molar-refractivity contribution is 0.0711. The van der Waals surface area contributed by atoms with E-state index in [0.29, 0.717) is 6.54 Å². The number of nitrogens with zero attached hydrogens (tertiary/aromatic N) is 1. The zero-order valence-electron chi connectivity index (χ0n) is 11.1. The van der Waals surface area contributed by atoms with E-state index in [2.05, 4.69) is 4.90 Å². The molecule has 0 saturated carbocycles. The Morgan fingerprint density at radius 3 is 2.89 bits per heavy atom. The zero-order valence-corrected chi connectivity index (χ0v) is 11.9. The maximum atomic E-state index is 12.3. The van der Waals surface area contributed by atoms with Crippen LogP contribution in [0.2, 0.25) is 0 Å². The predicted octanol–water partition coefficient (Wildman–Crippen LogP) is 2.39. The number of aliphatic hydroxyl groups is 1. The molecule has 4 heteroatoms. The lowest BCUT2D eigenvalue weighted by Crippen LogP contribution is -2.44. The fourth-order valence-corrected chi connectivity index (χ4v) is 3.59. The molecule has 1 aromatic rings. The highest BCUT2D eigenvalue weighted by molar-refractivity contribution is 7.12. The third-order valence-corrected chi connectivity index (χ3v) is 4.61. The van der Waals surface area contributed by atoms with Gasteiger partial charge in [0.05, 0.1) is 13.2 Å². The molecule has 1 unspecified atom stereocenters. The Morgan fingerprint density at radius 2 is 2.28 bits per heavy atom. The summed E-state index contributed by atoms with van der Waals surface area (Å²) in [5, 5.41) is 9.35. The first-order valence-corrected chi connectivity index (χ1v) is 7.38. The van der Waals surface area contributed by atoms with Crippen molar-refractivity contribution in [2.45, 2.75) is 39.2 Å². The van der Waals surface area contributed by atoms with Crippen molar-refractivity contribution in [3.8, 4) is 0 Å². The number of piperidine rings is 1. The van der Waals surface area contributed by atoms with Crippen molar-refractivity contribution in [2.75, 3.05) is 19.7 Å². The normalized spacial score (nSPS) is 21.2. The van der Waals surface area contributed by atoms with Gasteiger partial charge in [0.2, 0.25) is 0 Å². The highest BCUT2D eigenvalue weighted by Gasteiger charge is 2.24. The van der Waals surface area contributed by atoms with Gasteiger partial charge >= 0.3 is 0 Å². The molecule has 1 atom stereocenters. The van der Waals surface area contributed by atoms with Crippen molar-refractivity contribution in [2.24, 2.45) is 0 Å². The summed E-state index contributed by atoms with van der Waals surface area (Å²) in [5.74, 6) is 0.192. The van der Waals surface area contributed by atoms with E-state index in [-0.39, 0.29) is 18.4 Å². The lowest BCUT2D eigenvalue weighted by Gasteiger charge is -2.33. The van der Waals surface area contributed by atoms with Gasteiger partial charge in [0.15, 0.2) is 5.78 Å². The Morgan fingerprint density at radius 1 is 1.50 bits per heavy atom. The van der Waals surface area contributed by atoms with Crippen LogP contribution in [0, 0.1) is 13.8 Å². The number of carbonyl (C=O) groups excluding carboxylic acids is 1. The standard InChI is InChI=1S/C14H21NO2S/c1-10-7-13(11(2)18-10)14(17)8-15-6-4-3-5-12(15)9-16/h7,12,16H,3-6,8-9H2,1-2H3. The molecule has 0 spiro atoms. The van der Waals surface area contributed by atoms with E-state index in [1.54, 1.807) is 11.3 Å². The molecule has 18 heavy (non-hydrogen) atoms. The Bertz CT molecular complexity index is 427. The van der Waals surface area contributed by atoms with Crippen LogP contribution < -0.4 is 0 Å². The zero-order chi connectivity index (χ0) is 13.1. The summed E-state index contributed by atoms with van der Waals surface area (Å²) in [5.41, 5.74) is 0.861. The number of aryl methyl sites for hydroxylation is 2. The number of thiophene rings is 1. The van der Waals surface area contributed by atoms with Gasteiger partial charge in [-0.1, -0.05) is 6.42 Å². The van der Waals surface area contributed by atoms with Gasteiger partial charge in [0, 0.05) is 21.4 Å². The topological polar surface area (TPSA) is 40.5 Å². The number of hydrogen-bond acceptors (Lipinski definition) is 4. The maximum absolute atomic E-state index is 12.3. The minimum atomic E-state index is 0.162. The van der Waals surface area contributed by atoms with Crippen molar-refractivity contribution >= 4 is 17.1 Å². The van der Waals surface area contributed by atoms with Crippen LogP contribution in [0.1, 0.15) is 39.4 Å². The van der Waals surface area contributed by atoms with Gasteiger partial charge in [0.1, 0.15) is 0 Å². The number of aliphatic hydroxyl groups excluding tert-OH is 1. The molecule has 0 amide bonds.